The van der Waals surface area contributed by atoms with E-state index in [2.05, 4.69) is 39.8 Å². The van der Waals surface area contributed by atoms with Crippen LogP contribution in [0, 0.1) is 0 Å². The first-order chi connectivity index (χ1) is 12.3. The number of phenols is 1. The maximum Gasteiger partial charge on any atom is 0.482 e. The SMILES string of the molecule is Oc1cccc2cccnc12.[Al][O]c1ccccc1-c1ccccc1. The first-order valence-electron chi connectivity index (χ1n) is 7.83. The first kappa shape index (κ1) is 17.0. The maximum absolute atomic E-state index is 9.31. The van der Waals surface area contributed by atoms with Crippen LogP contribution in [0.2, 0.25) is 0 Å². The Morgan fingerprint density at radius 1 is 0.760 bits per heavy atom. The lowest BCUT2D eigenvalue weighted by Gasteiger charge is -2.09. The van der Waals surface area contributed by atoms with Crippen LogP contribution in [0.15, 0.2) is 91.1 Å². The van der Waals surface area contributed by atoms with E-state index in [1.165, 1.54) is 5.56 Å². The van der Waals surface area contributed by atoms with Gasteiger partial charge in [0.2, 0.25) is 0 Å². The molecule has 0 bridgehead atoms. The van der Waals surface area contributed by atoms with E-state index in [1.54, 1.807) is 18.3 Å². The third kappa shape index (κ3) is 4.19. The molecule has 0 aliphatic carbocycles. The largest absolute Gasteiger partial charge is 0.653 e. The minimum absolute atomic E-state index is 0.239. The predicted molar refractivity (Wildman–Crippen MR) is 102 cm³/mol. The van der Waals surface area contributed by atoms with Gasteiger partial charge in [-0.2, -0.15) is 0 Å². The van der Waals surface area contributed by atoms with Crippen LogP contribution >= 0.6 is 0 Å². The molecular weight excluding hydrogens is 325 g/mol. The van der Waals surface area contributed by atoms with Crippen LogP contribution in [0.5, 0.6) is 11.5 Å². The van der Waals surface area contributed by atoms with Gasteiger partial charge in [0.25, 0.3) is 0 Å². The normalized spacial score (nSPS) is 9.92. The molecule has 0 unspecified atom stereocenters. The maximum atomic E-state index is 9.31. The molecule has 120 valence electrons. The zero-order valence-corrected chi connectivity index (χ0v) is 14.7. The van der Waals surface area contributed by atoms with Gasteiger partial charge in [0.1, 0.15) is 11.3 Å². The van der Waals surface area contributed by atoms with Crippen molar-refractivity contribution < 1.29 is 8.90 Å². The summed E-state index contributed by atoms with van der Waals surface area (Å²) in [5.41, 5.74) is 2.95. The van der Waals surface area contributed by atoms with E-state index in [9.17, 15) is 5.11 Å². The summed E-state index contributed by atoms with van der Waals surface area (Å²) in [4.78, 5) is 4.03. The standard InChI is InChI=1S/C12H10O.C9H7NO.Al/c13-12-9-5-4-8-11(12)10-6-2-1-3-7-10;11-8-5-1-3-7-4-2-6-10-9(7)8;/h1-9,13H;1-6,11H;/q;;+1/p-1. The summed E-state index contributed by atoms with van der Waals surface area (Å²) in [7, 11) is 0. The predicted octanol–water partition coefficient (Wildman–Crippen LogP) is 4.76. The number of nitrogens with zero attached hydrogens (tertiary/aromatic N) is 1. The Balaban J connectivity index is 0.000000150. The van der Waals surface area contributed by atoms with Gasteiger partial charge in [-0.1, -0.05) is 66.7 Å². The second-order valence-electron chi connectivity index (χ2n) is 5.33. The quantitative estimate of drug-likeness (QED) is 0.535. The van der Waals surface area contributed by atoms with Crippen molar-refractivity contribution in [3.63, 3.8) is 0 Å². The average Bonchev–Trinajstić information content (AvgIpc) is 2.69. The van der Waals surface area contributed by atoms with Crippen LogP contribution in [0.3, 0.4) is 0 Å². The van der Waals surface area contributed by atoms with Crippen LogP contribution in [0.1, 0.15) is 0 Å². The monoisotopic (exact) mass is 341 g/mol. The molecular formula is C21H16AlNO2. The molecule has 1 aromatic heterocycles. The molecule has 1 heterocycles. The van der Waals surface area contributed by atoms with Crippen molar-refractivity contribution in [2.75, 3.05) is 0 Å². The number of para-hydroxylation sites is 2. The topological polar surface area (TPSA) is 42.4 Å². The molecule has 0 atom stereocenters. The molecule has 0 amide bonds. The Morgan fingerprint density at radius 2 is 1.48 bits per heavy atom. The van der Waals surface area contributed by atoms with Gasteiger partial charge in [-0.15, -0.1) is 0 Å². The molecule has 0 aliphatic heterocycles. The second kappa shape index (κ2) is 8.34. The minimum atomic E-state index is 0.239. The Hall–Kier alpha value is -2.80. The fraction of sp³-hybridized carbons (Fsp3) is 0. The second-order valence-corrected chi connectivity index (χ2v) is 5.57. The third-order valence-corrected chi connectivity index (χ3v) is 3.96. The van der Waals surface area contributed by atoms with Crippen molar-refractivity contribution >= 4 is 27.5 Å². The Bertz CT molecular complexity index is 953. The van der Waals surface area contributed by atoms with Gasteiger partial charge in [0.05, 0.1) is 5.75 Å². The minimum Gasteiger partial charge on any atom is -0.653 e. The molecule has 4 rings (SSSR count). The molecule has 2 radical (unpaired) electrons. The Labute approximate surface area is 155 Å². The van der Waals surface area contributed by atoms with Crippen LogP contribution in [-0.2, 0) is 0 Å². The fourth-order valence-corrected chi connectivity index (χ4v) is 2.72. The summed E-state index contributed by atoms with van der Waals surface area (Å²) in [6.45, 7) is 0. The summed E-state index contributed by atoms with van der Waals surface area (Å²) in [6, 6.07) is 27.3. The molecule has 3 aromatic carbocycles. The summed E-state index contributed by atoms with van der Waals surface area (Å²) in [6.07, 6.45) is 1.67. The molecule has 3 nitrogen and oxygen atoms in total. The number of fused-ring (bicyclic) bond motifs is 1. The van der Waals surface area contributed by atoms with Crippen molar-refractivity contribution in [3.8, 4) is 22.6 Å². The van der Waals surface area contributed by atoms with Gasteiger partial charge in [0, 0.05) is 17.1 Å². The molecule has 0 fully saturated rings. The number of phenolic OH excluding ortho intramolecular Hbond substituents is 1. The van der Waals surface area contributed by atoms with Crippen molar-refractivity contribution in [3.05, 3.63) is 91.1 Å². The Morgan fingerprint density at radius 3 is 2.24 bits per heavy atom. The highest BCUT2D eigenvalue weighted by molar-refractivity contribution is 6.00. The number of hydrogen-bond donors (Lipinski definition) is 1. The molecule has 4 heteroatoms. The zero-order chi connectivity index (χ0) is 17.5. The smallest absolute Gasteiger partial charge is 0.482 e. The van der Waals surface area contributed by atoms with Gasteiger partial charge < -0.3 is 8.90 Å². The highest BCUT2D eigenvalue weighted by Gasteiger charge is 2.01. The fourth-order valence-electron chi connectivity index (χ4n) is 2.51. The lowest BCUT2D eigenvalue weighted by Crippen LogP contribution is -1.88. The van der Waals surface area contributed by atoms with Gasteiger partial charge in [-0.05, 0) is 23.8 Å². The molecule has 0 aliphatic rings. The molecule has 0 saturated carbocycles. The van der Waals surface area contributed by atoms with Crippen molar-refractivity contribution in [2.45, 2.75) is 0 Å². The number of pyridine rings is 1. The highest BCUT2D eigenvalue weighted by Crippen LogP contribution is 2.28. The van der Waals surface area contributed by atoms with E-state index in [0.29, 0.717) is 5.52 Å². The van der Waals surface area contributed by atoms with E-state index in [-0.39, 0.29) is 5.75 Å². The average molecular weight is 341 g/mol. The van der Waals surface area contributed by atoms with Crippen LogP contribution in [0.4, 0.5) is 0 Å². The lowest BCUT2D eigenvalue weighted by molar-refractivity contribution is 0.480. The van der Waals surface area contributed by atoms with E-state index < -0.39 is 0 Å². The van der Waals surface area contributed by atoms with Gasteiger partial charge >= 0.3 is 16.6 Å². The number of hydrogen-bond acceptors (Lipinski definition) is 3. The number of aromatic hydroxyl groups is 1. The molecule has 25 heavy (non-hydrogen) atoms. The first-order valence-corrected chi connectivity index (χ1v) is 8.30. The summed E-state index contributed by atoms with van der Waals surface area (Å²) >= 11 is 2.28. The van der Waals surface area contributed by atoms with Crippen LogP contribution in [0.25, 0.3) is 22.0 Å². The Kier molecular flexibility index (Phi) is 5.69. The van der Waals surface area contributed by atoms with Gasteiger partial charge in [0.15, 0.2) is 0 Å². The van der Waals surface area contributed by atoms with Crippen molar-refractivity contribution in [1.29, 1.82) is 0 Å². The summed E-state index contributed by atoms with van der Waals surface area (Å²) < 4.78 is 5.22. The molecule has 4 aromatic rings. The zero-order valence-electron chi connectivity index (χ0n) is 13.5. The van der Waals surface area contributed by atoms with Crippen LogP contribution < -0.4 is 3.79 Å². The van der Waals surface area contributed by atoms with Crippen LogP contribution in [-0.4, -0.2) is 26.7 Å². The van der Waals surface area contributed by atoms with E-state index in [1.807, 2.05) is 54.6 Å². The number of benzene rings is 3. The van der Waals surface area contributed by atoms with Gasteiger partial charge in [-0.3, -0.25) is 4.98 Å². The molecule has 0 spiro atoms. The van der Waals surface area contributed by atoms with Gasteiger partial charge in [-0.25, -0.2) is 0 Å². The number of aromatic nitrogens is 1. The summed E-state index contributed by atoms with van der Waals surface area (Å²) in [5.74, 6) is 1.12. The lowest BCUT2D eigenvalue weighted by atomic mass is 10.1. The van der Waals surface area contributed by atoms with Crippen molar-refractivity contribution in [1.82, 2.24) is 4.98 Å². The number of rotatable bonds is 2. The highest BCUT2D eigenvalue weighted by atomic mass is 27.1. The van der Waals surface area contributed by atoms with E-state index in [4.69, 9.17) is 3.79 Å². The van der Waals surface area contributed by atoms with Crippen molar-refractivity contribution in [2.24, 2.45) is 0 Å². The molecule has 0 saturated heterocycles. The summed E-state index contributed by atoms with van der Waals surface area (Å²) in [5, 5.41) is 10.3. The van der Waals surface area contributed by atoms with E-state index >= 15 is 0 Å². The third-order valence-electron chi connectivity index (χ3n) is 3.71. The van der Waals surface area contributed by atoms with E-state index in [0.717, 1.165) is 16.7 Å². The molecule has 1 N–H and O–H groups in total.